The standard InChI is InChI=1S/C8H9BrF3NO3S2/c1-13(4-8(10,11)12)18(15,16)6-2-5(3-14)17-7(6)9/h2,14H,3-4H2,1H3. The number of thiophene rings is 1. The summed E-state index contributed by atoms with van der Waals surface area (Å²) in [5.41, 5.74) is 0. The van der Waals surface area contributed by atoms with Crippen LogP contribution in [0.5, 0.6) is 0 Å². The van der Waals surface area contributed by atoms with Crippen LogP contribution in [0.3, 0.4) is 0 Å². The smallest absolute Gasteiger partial charge is 0.391 e. The fourth-order valence-electron chi connectivity index (χ4n) is 1.16. The Balaban J connectivity index is 3.09. The van der Waals surface area contributed by atoms with Crippen molar-refractivity contribution >= 4 is 37.3 Å². The van der Waals surface area contributed by atoms with E-state index in [1.807, 2.05) is 0 Å². The third-order valence-corrected chi connectivity index (χ3v) is 5.99. The lowest BCUT2D eigenvalue weighted by molar-refractivity contribution is -0.134. The molecule has 1 rings (SSSR count). The normalized spacial score (nSPS) is 13.3. The molecule has 1 heterocycles. The van der Waals surface area contributed by atoms with Crippen LogP contribution < -0.4 is 0 Å². The second-order valence-corrected chi connectivity index (χ2v) is 7.85. The minimum Gasteiger partial charge on any atom is -0.391 e. The highest BCUT2D eigenvalue weighted by Crippen LogP contribution is 2.34. The van der Waals surface area contributed by atoms with Gasteiger partial charge in [-0.15, -0.1) is 11.3 Å². The predicted molar refractivity (Wildman–Crippen MR) is 63.8 cm³/mol. The molecule has 0 bridgehead atoms. The molecule has 0 radical (unpaired) electrons. The average Bonchev–Trinajstić information content (AvgIpc) is 2.57. The number of rotatable bonds is 4. The molecule has 10 heteroatoms. The molecule has 0 saturated heterocycles. The first-order valence-electron chi connectivity index (χ1n) is 4.50. The van der Waals surface area contributed by atoms with E-state index >= 15 is 0 Å². The topological polar surface area (TPSA) is 57.6 Å². The second-order valence-electron chi connectivity index (χ2n) is 3.39. The lowest BCUT2D eigenvalue weighted by atomic mass is 10.5. The lowest BCUT2D eigenvalue weighted by Crippen LogP contribution is -2.35. The van der Waals surface area contributed by atoms with Gasteiger partial charge in [-0.1, -0.05) is 0 Å². The molecular weight excluding hydrogens is 359 g/mol. The van der Waals surface area contributed by atoms with Crippen molar-refractivity contribution in [2.24, 2.45) is 0 Å². The van der Waals surface area contributed by atoms with Gasteiger partial charge in [0.2, 0.25) is 10.0 Å². The minimum atomic E-state index is -4.61. The molecule has 18 heavy (non-hydrogen) atoms. The van der Waals surface area contributed by atoms with E-state index in [2.05, 4.69) is 15.9 Å². The molecule has 0 saturated carbocycles. The Morgan fingerprint density at radius 3 is 2.44 bits per heavy atom. The zero-order chi connectivity index (χ0) is 14.1. The van der Waals surface area contributed by atoms with Crippen LogP contribution in [-0.2, 0) is 16.6 Å². The summed E-state index contributed by atoms with van der Waals surface area (Å²) in [4.78, 5) is 0.0733. The van der Waals surface area contributed by atoms with Gasteiger partial charge in [-0.2, -0.15) is 17.5 Å². The molecule has 0 aliphatic carbocycles. The van der Waals surface area contributed by atoms with Gasteiger partial charge in [0.15, 0.2) is 0 Å². The zero-order valence-corrected chi connectivity index (χ0v) is 12.2. The lowest BCUT2D eigenvalue weighted by Gasteiger charge is -2.18. The van der Waals surface area contributed by atoms with E-state index in [9.17, 15) is 21.6 Å². The SMILES string of the molecule is CN(CC(F)(F)F)S(=O)(=O)c1cc(CO)sc1Br. The largest absolute Gasteiger partial charge is 0.402 e. The number of alkyl halides is 3. The molecule has 0 fully saturated rings. The van der Waals surface area contributed by atoms with Crippen molar-refractivity contribution in [1.82, 2.24) is 4.31 Å². The molecule has 0 spiro atoms. The molecule has 4 nitrogen and oxygen atoms in total. The summed E-state index contributed by atoms with van der Waals surface area (Å²) in [7, 11) is -3.37. The Morgan fingerprint density at radius 1 is 1.50 bits per heavy atom. The van der Waals surface area contributed by atoms with E-state index in [4.69, 9.17) is 5.11 Å². The van der Waals surface area contributed by atoms with Crippen LogP contribution in [0.4, 0.5) is 13.2 Å². The highest BCUT2D eigenvalue weighted by atomic mass is 79.9. The summed E-state index contributed by atoms with van der Waals surface area (Å²) in [6, 6.07) is 1.15. The van der Waals surface area contributed by atoms with Gasteiger partial charge in [0.05, 0.1) is 10.4 Å². The molecule has 104 valence electrons. The van der Waals surface area contributed by atoms with Gasteiger partial charge in [0.25, 0.3) is 0 Å². The summed E-state index contributed by atoms with van der Waals surface area (Å²) in [5.74, 6) is 0. The Labute approximate surface area is 114 Å². The van der Waals surface area contributed by atoms with Gasteiger partial charge in [-0.25, -0.2) is 8.42 Å². The molecule has 0 unspecified atom stereocenters. The number of aliphatic hydroxyl groups excluding tert-OH is 1. The fourth-order valence-corrected chi connectivity index (χ4v) is 4.80. The van der Waals surface area contributed by atoms with Crippen LogP contribution >= 0.6 is 27.3 Å². The summed E-state index contributed by atoms with van der Waals surface area (Å²) in [5, 5.41) is 8.87. The van der Waals surface area contributed by atoms with Crippen LogP contribution in [0.25, 0.3) is 0 Å². The Bertz CT molecular complexity index is 526. The van der Waals surface area contributed by atoms with Crippen LogP contribution in [0.1, 0.15) is 4.88 Å². The number of halogens is 4. The van der Waals surface area contributed by atoms with Crippen molar-refractivity contribution in [2.75, 3.05) is 13.6 Å². The van der Waals surface area contributed by atoms with Crippen molar-refractivity contribution in [3.05, 3.63) is 14.7 Å². The summed E-state index contributed by atoms with van der Waals surface area (Å²) < 4.78 is 60.7. The molecule has 0 amide bonds. The maximum absolute atomic E-state index is 12.2. The predicted octanol–water partition coefficient (Wildman–Crippen LogP) is 2.19. The van der Waals surface area contributed by atoms with Crippen molar-refractivity contribution in [1.29, 1.82) is 0 Å². The molecular formula is C8H9BrF3NO3S2. The van der Waals surface area contributed by atoms with E-state index in [1.54, 1.807) is 0 Å². The third kappa shape index (κ3) is 3.67. The van der Waals surface area contributed by atoms with Crippen LogP contribution in [0, 0.1) is 0 Å². The summed E-state index contributed by atoms with van der Waals surface area (Å²) in [6.45, 7) is -1.94. The number of hydrogen-bond donors (Lipinski definition) is 1. The van der Waals surface area contributed by atoms with E-state index in [0.29, 0.717) is 4.88 Å². The highest BCUT2D eigenvalue weighted by molar-refractivity contribution is 9.11. The van der Waals surface area contributed by atoms with Crippen molar-refractivity contribution < 1.29 is 26.7 Å². The first-order valence-corrected chi connectivity index (χ1v) is 7.55. The Kier molecular flexibility index (Phi) is 4.81. The van der Waals surface area contributed by atoms with E-state index < -0.39 is 22.7 Å². The van der Waals surface area contributed by atoms with Crippen molar-refractivity contribution in [3.8, 4) is 0 Å². The average molecular weight is 368 g/mol. The van der Waals surface area contributed by atoms with Gasteiger partial charge in [-0.05, 0) is 22.0 Å². The molecule has 0 aliphatic heterocycles. The van der Waals surface area contributed by atoms with Crippen LogP contribution in [-0.4, -0.2) is 37.6 Å². The van der Waals surface area contributed by atoms with Crippen LogP contribution in [0.2, 0.25) is 0 Å². The fraction of sp³-hybridized carbons (Fsp3) is 0.500. The molecule has 0 aromatic carbocycles. The van der Waals surface area contributed by atoms with Crippen molar-refractivity contribution in [3.63, 3.8) is 0 Å². The maximum atomic E-state index is 12.2. The van der Waals surface area contributed by atoms with Gasteiger partial charge >= 0.3 is 6.18 Å². The molecule has 0 atom stereocenters. The quantitative estimate of drug-likeness (QED) is 0.887. The Hall–Kier alpha value is -0.160. The monoisotopic (exact) mass is 367 g/mol. The number of nitrogens with zero attached hydrogens (tertiary/aromatic N) is 1. The Morgan fingerprint density at radius 2 is 2.06 bits per heavy atom. The summed E-state index contributed by atoms with van der Waals surface area (Å²) in [6.07, 6.45) is -4.61. The second kappa shape index (κ2) is 5.45. The zero-order valence-electron chi connectivity index (χ0n) is 9.03. The number of sulfonamides is 1. The highest BCUT2D eigenvalue weighted by Gasteiger charge is 2.36. The molecule has 1 aromatic heterocycles. The van der Waals surface area contributed by atoms with E-state index in [0.717, 1.165) is 24.5 Å². The maximum Gasteiger partial charge on any atom is 0.402 e. The molecule has 0 aliphatic rings. The molecule has 1 aromatic rings. The number of hydrogen-bond acceptors (Lipinski definition) is 4. The first kappa shape index (κ1) is 15.9. The van der Waals surface area contributed by atoms with Crippen molar-refractivity contribution in [2.45, 2.75) is 17.7 Å². The summed E-state index contributed by atoms with van der Waals surface area (Å²) >= 11 is 3.92. The minimum absolute atomic E-state index is 0.167. The van der Waals surface area contributed by atoms with E-state index in [1.165, 1.54) is 0 Å². The first-order chi connectivity index (χ1) is 8.08. The van der Waals surface area contributed by atoms with E-state index in [-0.39, 0.29) is 19.6 Å². The van der Waals surface area contributed by atoms with Gasteiger partial charge in [-0.3, -0.25) is 0 Å². The molecule has 1 N–H and O–H groups in total. The van der Waals surface area contributed by atoms with Gasteiger partial charge in [0.1, 0.15) is 11.4 Å². The van der Waals surface area contributed by atoms with Gasteiger partial charge < -0.3 is 5.11 Å². The third-order valence-electron chi connectivity index (χ3n) is 1.95. The van der Waals surface area contributed by atoms with Crippen LogP contribution in [0.15, 0.2) is 14.7 Å². The van der Waals surface area contributed by atoms with Gasteiger partial charge in [0, 0.05) is 11.9 Å². The number of aliphatic hydroxyl groups is 1.